The summed E-state index contributed by atoms with van der Waals surface area (Å²) in [5.41, 5.74) is 6.52. The summed E-state index contributed by atoms with van der Waals surface area (Å²) >= 11 is 0. The number of halogens is 1. The van der Waals surface area contributed by atoms with E-state index in [1.807, 2.05) is 0 Å². The number of nitrogens with two attached hydrogens (primary N) is 1. The monoisotopic (exact) mass is 260 g/mol. The molecule has 0 unspecified atom stereocenters. The third-order valence-electron chi connectivity index (χ3n) is 3.63. The summed E-state index contributed by atoms with van der Waals surface area (Å²) in [6, 6.07) is 6.45. The maximum Gasteiger partial charge on any atom is 0.196 e. The number of hydrogen-bond donors (Lipinski definition) is 2. The summed E-state index contributed by atoms with van der Waals surface area (Å²) in [6.07, 6.45) is 4.83. The molecule has 1 aliphatic heterocycles. The second-order valence-corrected chi connectivity index (χ2v) is 5.17. The van der Waals surface area contributed by atoms with E-state index in [2.05, 4.69) is 10.3 Å². The zero-order valence-corrected chi connectivity index (χ0v) is 10.7. The van der Waals surface area contributed by atoms with Crippen LogP contribution in [0.25, 0.3) is 0 Å². The van der Waals surface area contributed by atoms with Crippen molar-refractivity contribution in [1.82, 2.24) is 5.32 Å². The number of benzene rings is 1. The van der Waals surface area contributed by atoms with Gasteiger partial charge >= 0.3 is 0 Å². The van der Waals surface area contributed by atoms with Crippen molar-refractivity contribution >= 4 is 11.8 Å². The van der Waals surface area contributed by atoms with Crippen molar-refractivity contribution in [3.8, 4) is 0 Å². The first-order valence-corrected chi connectivity index (χ1v) is 6.61. The van der Waals surface area contributed by atoms with Crippen LogP contribution in [0.5, 0.6) is 0 Å². The van der Waals surface area contributed by atoms with Gasteiger partial charge < -0.3 is 11.1 Å². The molecule has 19 heavy (non-hydrogen) atoms. The maximum atomic E-state index is 12.9. The van der Waals surface area contributed by atoms with Crippen molar-refractivity contribution in [3.05, 3.63) is 35.6 Å². The molecule has 3 rings (SSSR count). The Balaban J connectivity index is 1.81. The van der Waals surface area contributed by atoms with Crippen molar-refractivity contribution in [2.75, 3.05) is 0 Å². The Bertz CT molecular complexity index is 527. The van der Waals surface area contributed by atoms with Crippen LogP contribution in [0.1, 0.15) is 31.2 Å². The zero-order valence-electron chi connectivity index (χ0n) is 10.7. The highest BCUT2D eigenvalue weighted by Gasteiger charge is 2.35. The van der Waals surface area contributed by atoms with E-state index in [1.54, 1.807) is 12.1 Å². The fourth-order valence-electron chi connectivity index (χ4n) is 2.75. The van der Waals surface area contributed by atoms with E-state index in [4.69, 9.17) is 10.7 Å². The quantitative estimate of drug-likeness (QED) is 0.853. The predicted molar refractivity (Wildman–Crippen MR) is 73.5 cm³/mol. The molecular formula is C14H17FN4. The number of aliphatic imine (C=N–C) groups is 2. The number of nitrogens with zero attached hydrogens (tertiary/aromatic N) is 2. The highest BCUT2D eigenvalue weighted by atomic mass is 19.1. The van der Waals surface area contributed by atoms with Crippen LogP contribution in [-0.4, -0.2) is 17.5 Å². The lowest BCUT2D eigenvalue weighted by atomic mass is 10.1. The van der Waals surface area contributed by atoms with Crippen LogP contribution in [0.3, 0.4) is 0 Å². The highest BCUT2D eigenvalue weighted by molar-refractivity contribution is 6.01. The Morgan fingerprint density at radius 3 is 2.53 bits per heavy atom. The van der Waals surface area contributed by atoms with Gasteiger partial charge in [-0.1, -0.05) is 12.1 Å². The van der Waals surface area contributed by atoms with Crippen molar-refractivity contribution in [2.24, 2.45) is 15.7 Å². The van der Waals surface area contributed by atoms with Crippen molar-refractivity contribution in [3.63, 3.8) is 0 Å². The molecule has 1 saturated carbocycles. The number of hydrogen-bond acceptors (Lipinski definition) is 4. The van der Waals surface area contributed by atoms with Crippen LogP contribution in [0.15, 0.2) is 34.3 Å². The minimum absolute atomic E-state index is 0.226. The highest BCUT2D eigenvalue weighted by Crippen LogP contribution is 2.35. The van der Waals surface area contributed by atoms with Gasteiger partial charge in [-0.3, -0.25) is 0 Å². The molecule has 1 fully saturated rings. The number of nitrogens with one attached hydrogen (secondary N) is 1. The summed E-state index contributed by atoms with van der Waals surface area (Å²) in [7, 11) is 0. The van der Waals surface area contributed by atoms with E-state index in [0.29, 0.717) is 12.4 Å². The van der Waals surface area contributed by atoms with Crippen molar-refractivity contribution < 1.29 is 4.39 Å². The molecule has 1 heterocycles. The molecule has 0 radical (unpaired) electrons. The Morgan fingerprint density at radius 2 is 1.84 bits per heavy atom. The first-order valence-electron chi connectivity index (χ1n) is 6.61. The SMILES string of the molecule is NC1=NC2(CCCC2)N=C(Cc2ccc(F)cc2)N1. The number of rotatable bonds is 2. The number of amidine groups is 1. The van der Waals surface area contributed by atoms with Crippen LogP contribution in [-0.2, 0) is 6.42 Å². The molecule has 0 saturated heterocycles. The molecule has 1 aliphatic carbocycles. The van der Waals surface area contributed by atoms with E-state index in [-0.39, 0.29) is 11.5 Å². The molecule has 1 aromatic rings. The third kappa shape index (κ3) is 2.59. The van der Waals surface area contributed by atoms with Gasteiger partial charge in [-0.2, -0.15) is 0 Å². The van der Waals surface area contributed by atoms with Gasteiger partial charge in [0.1, 0.15) is 11.7 Å². The normalized spacial score (nSPS) is 20.9. The Morgan fingerprint density at radius 1 is 1.16 bits per heavy atom. The summed E-state index contributed by atoms with van der Waals surface area (Å²) in [6.45, 7) is 0. The molecule has 2 aliphatic rings. The molecule has 4 nitrogen and oxygen atoms in total. The molecule has 100 valence electrons. The van der Waals surface area contributed by atoms with Crippen LogP contribution in [0.2, 0.25) is 0 Å². The minimum Gasteiger partial charge on any atom is -0.370 e. The molecule has 0 aromatic heterocycles. The molecular weight excluding hydrogens is 243 g/mol. The van der Waals surface area contributed by atoms with Crippen molar-refractivity contribution in [1.29, 1.82) is 0 Å². The van der Waals surface area contributed by atoms with E-state index >= 15 is 0 Å². The lowest BCUT2D eigenvalue weighted by molar-refractivity contribution is 0.456. The lowest BCUT2D eigenvalue weighted by Gasteiger charge is -2.27. The van der Waals surface area contributed by atoms with Gasteiger partial charge in [0, 0.05) is 6.42 Å². The second kappa shape index (κ2) is 4.64. The average Bonchev–Trinajstić information content (AvgIpc) is 2.79. The van der Waals surface area contributed by atoms with Gasteiger partial charge in [-0.15, -0.1) is 0 Å². The van der Waals surface area contributed by atoms with E-state index in [1.165, 1.54) is 12.1 Å². The van der Waals surface area contributed by atoms with E-state index in [9.17, 15) is 4.39 Å². The third-order valence-corrected chi connectivity index (χ3v) is 3.63. The van der Waals surface area contributed by atoms with Crippen LogP contribution < -0.4 is 11.1 Å². The minimum atomic E-state index is -0.343. The van der Waals surface area contributed by atoms with Gasteiger partial charge in [0.2, 0.25) is 0 Å². The van der Waals surface area contributed by atoms with Gasteiger partial charge in [-0.05, 0) is 43.4 Å². The molecule has 5 heteroatoms. The largest absolute Gasteiger partial charge is 0.370 e. The van der Waals surface area contributed by atoms with Gasteiger partial charge in [0.05, 0.1) is 0 Å². The fourth-order valence-corrected chi connectivity index (χ4v) is 2.75. The van der Waals surface area contributed by atoms with Crippen LogP contribution in [0, 0.1) is 5.82 Å². The molecule has 0 bridgehead atoms. The summed E-state index contributed by atoms with van der Waals surface area (Å²) < 4.78 is 12.9. The van der Waals surface area contributed by atoms with Crippen molar-refractivity contribution in [2.45, 2.75) is 37.8 Å². The first kappa shape index (κ1) is 12.1. The zero-order chi connectivity index (χ0) is 13.3. The molecule has 3 N–H and O–H groups in total. The van der Waals surface area contributed by atoms with Gasteiger partial charge in [-0.25, -0.2) is 14.4 Å². The predicted octanol–water partition coefficient (Wildman–Crippen LogP) is 1.95. The summed E-state index contributed by atoms with van der Waals surface area (Å²) in [5, 5.41) is 3.01. The maximum absolute atomic E-state index is 12.9. The first-order chi connectivity index (χ1) is 9.15. The van der Waals surface area contributed by atoms with Crippen LogP contribution >= 0.6 is 0 Å². The van der Waals surface area contributed by atoms with E-state index < -0.39 is 0 Å². The Kier molecular flexibility index (Phi) is 2.97. The fraction of sp³-hybridized carbons (Fsp3) is 0.429. The van der Waals surface area contributed by atoms with E-state index in [0.717, 1.165) is 37.1 Å². The van der Waals surface area contributed by atoms with Gasteiger partial charge in [0.25, 0.3) is 0 Å². The number of guanidine groups is 1. The molecule has 0 amide bonds. The standard InChI is InChI=1S/C14H17FN4/c15-11-5-3-10(4-6-11)9-12-17-13(16)19-14(18-12)7-1-2-8-14/h3-6H,1-2,7-9H2,(H3,16,17,18,19). The molecule has 1 aromatic carbocycles. The topological polar surface area (TPSA) is 62.8 Å². The Hall–Kier alpha value is -1.91. The summed E-state index contributed by atoms with van der Waals surface area (Å²) in [4.78, 5) is 9.18. The molecule has 0 atom stereocenters. The van der Waals surface area contributed by atoms with Gasteiger partial charge in [0.15, 0.2) is 11.6 Å². The second-order valence-electron chi connectivity index (χ2n) is 5.17. The average molecular weight is 260 g/mol. The summed E-state index contributed by atoms with van der Waals surface area (Å²) in [5.74, 6) is 1.03. The van der Waals surface area contributed by atoms with Crippen LogP contribution in [0.4, 0.5) is 4.39 Å². The molecule has 1 spiro atoms. The smallest absolute Gasteiger partial charge is 0.196 e. The lowest BCUT2D eigenvalue weighted by Crippen LogP contribution is -2.45. The Labute approximate surface area is 111 Å².